The number of rotatable bonds is 6. The molecule has 0 aromatic carbocycles. The lowest BCUT2D eigenvalue weighted by Crippen LogP contribution is -2.21. The van der Waals surface area contributed by atoms with Crippen molar-refractivity contribution in [1.29, 1.82) is 5.26 Å². The normalized spacial score (nSPS) is 12.2. The van der Waals surface area contributed by atoms with Crippen LogP contribution in [0.25, 0.3) is 0 Å². The van der Waals surface area contributed by atoms with E-state index in [0.717, 1.165) is 0 Å². The van der Waals surface area contributed by atoms with Gasteiger partial charge in [-0.1, -0.05) is 0 Å². The molecule has 0 atom stereocenters. The zero-order valence-electron chi connectivity index (χ0n) is 11.7. The molecule has 6 heteroatoms. The molecule has 0 saturated heterocycles. The standard InChI is InChI=1S/C13H19N2O3P/c1-5-17-19(16,18-6-2)13(3,4)11-7-8-15-12(9-11)10-14/h7-9H,5-6H2,1-4H3. The van der Waals surface area contributed by atoms with Crippen molar-refractivity contribution in [3.8, 4) is 6.07 Å². The molecule has 1 rings (SSSR count). The molecule has 5 nitrogen and oxygen atoms in total. The molecule has 0 fully saturated rings. The number of aromatic nitrogens is 1. The van der Waals surface area contributed by atoms with E-state index in [0.29, 0.717) is 18.8 Å². The zero-order valence-corrected chi connectivity index (χ0v) is 12.6. The Morgan fingerprint density at radius 3 is 2.42 bits per heavy atom. The van der Waals surface area contributed by atoms with Crippen molar-refractivity contribution in [2.75, 3.05) is 13.2 Å². The Kier molecular flexibility index (Phi) is 5.25. The van der Waals surface area contributed by atoms with E-state index in [1.165, 1.54) is 6.20 Å². The van der Waals surface area contributed by atoms with Gasteiger partial charge >= 0.3 is 7.60 Å². The third-order valence-corrected chi connectivity index (χ3v) is 5.69. The molecule has 0 unspecified atom stereocenters. The Hall–Kier alpha value is -1.21. The van der Waals surface area contributed by atoms with Crippen molar-refractivity contribution in [2.24, 2.45) is 0 Å². The molecule has 104 valence electrons. The van der Waals surface area contributed by atoms with Crippen molar-refractivity contribution in [3.05, 3.63) is 29.6 Å². The molecule has 0 amide bonds. The summed E-state index contributed by atoms with van der Waals surface area (Å²) in [4.78, 5) is 3.91. The van der Waals surface area contributed by atoms with E-state index in [-0.39, 0.29) is 5.69 Å². The number of nitrogens with zero attached hydrogens (tertiary/aromatic N) is 2. The van der Waals surface area contributed by atoms with Gasteiger partial charge in [-0.2, -0.15) is 5.26 Å². The lowest BCUT2D eigenvalue weighted by molar-refractivity contribution is 0.201. The van der Waals surface area contributed by atoms with Gasteiger partial charge in [-0.25, -0.2) is 4.98 Å². The predicted octanol–water partition coefficient (Wildman–Crippen LogP) is 3.45. The van der Waals surface area contributed by atoms with E-state index in [2.05, 4.69) is 4.98 Å². The summed E-state index contributed by atoms with van der Waals surface area (Å²) in [5, 5.41) is 8.05. The Bertz CT molecular complexity index is 513. The largest absolute Gasteiger partial charge is 0.340 e. The zero-order chi connectivity index (χ0) is 14.5. The van der Waals surface area contributed by atoms with Gasteiger partial charge in [0.25, 0.3) is 0 Å². The van der Waals surface area contributed by atoms with Crippen LogP contribution in [-0.2, 0) is 18.8 Å². The summed E-state index contributed by atoms with van der Waals surface area (Å²) in [5.41, 5.74) is 0.995. The van der Waals surface area contributed by atoms with Crippen LogP contribution < -0.4 is 0 Å². The van der Waals surface area contributed by atoms with Gasteiger partial charge in [-0.15, -0.1) is 0 Å². The van der Waals surface area contributed by atoms with Crippen molar-refractivity contribution in [2.45, 2.75) is 32.9 Å². The highest BCUT2D eigenvalue weighted by Crippen LogP contribution is 2.64. The third kappa shape index (κ3) is 3.22. The van der Waals surface area contributed by atoms with Crippen molar-refractivity contribution < 1.29 is 13.6 Å². The first kappa shape index (κ1) is 15.8. The molecule has 1 heterocycles. The quantitative estimate of drug-likeness (QED) is 0.747. The average Bonchev–Trinajstić information content (AvgIpc) is 2.39. The molecular formula is C13H19N2O3P. The van der Waals surface area contributed by atoms with Crippen LogP contribution in [0.5, 0.6) is 0 Å². The lowest BCUT2D eigenvalue weighted by Gasteiger charge is -2.33. The first-order chi connectivity index (χ1) is 8.91. The fourth-order valence-electron chi connectivity index (χ4n) is 1.73. The second-order valence-electron chi connectivity index (χ2n) is 4.43. The second-order valence-corrected chi connectivity index (χ2v) is 7.06. The summed E-state index contributed by atoms with van der Waals surface area (Å²) in [5.74, 6) is 0. The van der Waals surface area contributed by atoms with Gasteiger partial charge in [0.15, 0.2) is 0 Å². The van der Waals surface area contributed by atoms with E-state index in [1.807, 2.05) is 6.07 Å². The van der Waals surface area contributed by atoms with Gasteiger partial charge in [0.05, 0.1) is 18.4 Å². The number of hydrogen-bond acceptors (Lipinski definition) is 5. The number of hydrogen-bond donors (Lipinski definition) is 0. The van der Waals surface area contributed by atoms with E-state index in [4.69, 9.17) is 14.3 Å². The molecule has 0 saturated carbocycles. The van der Waals surface area contributed by atoms with E-state index < -0.39 is 12.8 Å². The van der Waals surface area contributed by atoms with Gasteiger partial charge in [0, 0.05) is 6.20 Å². The highest BCUT2D eigenvalue weighted by Gasteiger charge is 2.44. The van der Waals surface area contributed by atoms with Gasteiger partial charge in [0.2, 0.25) is 0 Å². The van der Waals surface area contributed by atoms with Gasteiger partial charge < -0.3 is 9.05 Å². The van der Waals surface area contributed by atoms with Gasteiger partial charge in [-0.3, -0.25) is 4.57 Å². The molecule has 1 aromatic rings. The topological polar surface area (TPSA) is 72.2 Å². The minimum absolute atomic E-state index is 0.283. The average molecular weight is 282 g/mol. The minimum Gasteiger partial charge on any atom is -0.308 e. The summed E-state index contributed by atoms with van der Waals surface area (Å²) < 4.78 is 23.7. The maximum Gasteiger partial charge on any atom is 0.340 e. The second kappa shape index (κ2) is 6.29. The molecule has 1 aromatic heterocycles. The third-order valence-electron chi connectivity index (χ3n) is 2.86. The molecule has 0 N–H and O–H groups in total. The van der Waals surface area contributed by atoms with Gasteiger partial charge in [-0.05, 0) is 45.4 Å². The molecule has 0 bridgehead atoms. The molecule has 0 radical (unpaired) electrons. The van der Waals surface area contributed by atoms with Crippen molar-refractivity contribution >= 4 is 7.60 Å². The van der Waals surface area contributed by atoms with Gasteiger partial charge in [0.1, 0.15) is 11.8 Å². The fraction of sp³-hybridized carbons (Fsp3) is 0.538. The minimum atomic E-state index is -3.31. The van der Waals surface area contributed by atoms with Crippen LogP contribution in [-0.4, -0.2) is 18.2 Å². The van der Waals surface area contributed by atoms with Crippen LogP contribution in [0.2, 0.25) is 0 Å². The SMILES string of the molecule is CCOP(=O)(OCC)C(C)(C)c1ccnc(C#N)c1. The smallest absolute Gasteiger partial charge is 0.308 e. The summed E-state index contributed by atoms with van der Waals surface area (Å²) in [7, 11) is -3.31. The highest BCUT2D eigenvalue weighted by atomic mass is 31.2. The van der Waals surface area contributed by atoms with Crippen LogP contribution in [0.3, 0.4) is 0 Å². The molecule has 0 spiro atoms. The predicted molar refractivity (Wildman–Crippen MR) is 72.8 cm³/mol. The van der Waals surface area contributed by atoms with Crippen LogP contribution >= 0.6 is 7.60 Å². The summed E-state index contributed by atoms with van der Waals surface area (Å²) in [6.45, 7) is 7.73. The van der Waals surface area contributed by atoms with Crippen LogP contribution in [0, 0.1) is 11.3 Å². The Balaban J connectivity index is 3.26. The first-order valence-corrected chi connectivity index (χ1v) is 7.71. The summed E-state index contributed by atoms with van der Waals surface area (Å²) in [6.07, 6.45) is 1.53. The Morgan fingerprint density at radius 2 is 1.95 bits per heavy atom. The van der Waals surface area contributed by atoms with E-state index >= 15 is 0 Å². The summed E-state index contributed by atoms with van der Waals surface area (Å²) >= 11 is 0. The van der Waals surface area contributed by atoms with Crippen molar-refractivity contribution in [3.63, 3.8) is 0 Å². The molecule has 0 aliphatic carbocycles. The first-order valence-electron chi connectivity index (χ1n) is 6.17. The maximum atomic E-state index is 12.9. The van der Waals surface area contributed by atoms with E-state index in [1.54, 1.807) is 39.8 Å². The number of nitriles is 1. The van der Waals surface area contributed by atoms with Crippen LogP contribution in [0.15, 0.2) is 18.3 Å². The molecule has 0 aliphatic rings. The van der Waals surface area contributed by atoms with E-state index in [9.17, 15) is 4.57 Å². The van der Waals surface area contributed by atoms with Crippen LogP contribution in [0.4, 0.5) is 0 Å². The maximum absolute atomic E-state index is 12.9. The fourth-order valence-corrected chi connectivity index (χ4v) is 3.59. The molecular weight excluding hydrogens is 263 g/mol. The van der Waals surface area contributed by atoms with Crippen LogP contribution in [0.1, 0.15) is 39.0 Å². The highest BCUT2D eigenvalue weighted by molar-refractivity contribution is 7.55. The Labute approximate surface area is 114 Å². The number of pyridine rings is 1. The van der Waals surface area contributed by atoms with Crippen molar-refractivity contribution in [1.82, 2.24) is 4.98 Å². The Morgan fingerprint density at radius 1 is 1.37 bits per heavy atom. The monoisotopic (exact) mass is 282 g/mol. The molecule has 19 heavy (non-hydrogen) atoms. The summed E-state index contributed by atoms with van der Waals surface area (Å²) in [6, 6.07) is 5.32. The molecule has 0 aliphatic heterocycles. The lowest BCUT2D eigenvalue weighted by atomic mass is 10.0.